The second kappa shape index (κ2) is 7.67. The monoisotopic (exact) mass is 228 g/mol. The van der Waals surface area contributed by atoms with Gasteiger partial charge in [-0.25, -0.2) is 4.79 Å². The van der Waals surface area contributed by atoms with Gasteiger partial charge in [-0.3, -0.25) is 10.1 Å². The molecule has 0 radical (unpaired) electrons. The van der Waals surface area contributed by atoms with Gasteiger partial charge >= 0.3 is 6.03 Å². The molecule has 0 bridgehead atoms. The van der Waals surface area contributed by atoms with E-state index in [2.05, 4.69) is 15.7 Å². The fourth-order valence-corrected chi connectivity index (χ4v) is 0.951. The Morgan fingerprint density at radius 2 is 2.12 bits per heavy atom. The summed E-state index contributed by atoms with van der Waals surface area (Å²) < 4.78 is 0. The predicted octanol–water partition coefficient (Wildman–Crippen LogP) is 0.406. The van der Waals surface area contributed by atoms with Crippen LogP contribution in [-0.4, -0.2) is 43.8 Å². The molecule has 0 aliphatic rings. The van der Waals surface area contributed by atoms with Crippen LogP contribution in [0, 0.1) is 5.92 Å². The molecule has 0 aromatic carbocycles. The number of carbonyl (C=O) groups is 2. The molecule has 3 amide bonds. The highest BCUT2D eigenvalue weighted by atomic mass is 16.2. The molecular formula is C10H20N4O2. The average molecular weight is 228 g/mol. The number of urea groups is 1. The Morgan fingerprint density at radius 1 is 1.50 bits per heavy atom. The van der Waals surface area contributed by atoms with E-state index in [1.807, 2.05) is 14.0 Å². The summed E-state index contributed by atoms with van der Waals surface area (Å²) in [5.74, 6) is -0.801. The van der Waals surface area contributed by atoms with Crippen LogP contribution in [0.25, 0.3) is 0 Å². The summed E-state index contributed by atoms with van der Waals surface area (Å²) >= 11 is 0. The molecule has 0 aliphatic carbocycles. The van der Waals surface area contributed by atoms with Crippen molar-refractivity contribution >= 4 is 18.2 Å². The number of carbonyl (C=O) groups excluding carboxylic acids is 2. The third-order valence-electron chi connectivity index (χ3n) is 1.91. The van der Waals surface area contributed by atoms with E-state index in [-0.39, 0.29) is 5.91 Å². The lowest BCUT2D eigenvalue weighted by molar-refractivity contribution is -0.121. The smallest absolute Gasteiger partial charge is 0.321 e. The van der Waals surface area contributed by atoms with Crippen molar-refractivity contribution in [3.8, 4) is 0 Å². The van der Waals surface area contributed by atoms with Crippen molar-refractivity contribution in [1.29, 1.82) is 0 Å². The van der Waals surface area contributed by atoms with Gasteiger partial charge in [-0.05, 0) is 13.3 Å². The van der Waals surface area contributed by atoms with Gasteiger partial charge in [0, 0.05) is 26.9 Å². The van der Waals surface area contributed by atoms with E-state index in [0.29, 0.717) is 0 Å². The fraction of sp³-hybridized carbons (Fsp3) is 0.700. The van der Waals surface area contributed by atoms with Gasteiger partial charge in [0.2, 0.25) is 5.91 Å². The van der Waals surface area contributed by atoms with E-state index >= 15 is 0 Å². The minimum absolute atomic E-state index is 0.368. The minimum atomic E-state index is -0.507. The van der Waals surface area contributed by atoms with E-state index in [4.69, 9.17) is 0 Å². The number of rotatable bonds is 5. The molecule has 1 unspecified atom stereocenters. The molecule has 92 valence electrons. The maximum absolute atomic E-state index is 11.4. The average Bonchev–Trinajstić information content (AvgIpc) is 2.25. The molecule has 0 aromatic rings. The zero-order valence-corrected chi connectivity index (χ0v) is 10.3. The summed E-state index contributed by atoms with van der Waals surface area (Å²) in [6.07, 6.45) is 2.51. The van der Waals surface area contributed by atoms with Crippen LogP contribution in [-0.2, 0) is 4.79 Å². The Hall–Kier alpha value is -1.59. The Morgan fingerprint density at radius 3 is 2.62 bits per heavy atom. The molecule has 0 fully saturated rings. The number of hydrogen-bond acceptors (Lipinski definition) is 4. The summed E-state index contributed by atoms with van der Waals surface area (Å²) in [4.78, 5) is 22.3. The van der Waals surface area contributed by atoms with E-state index in [1.165, 1.54) is 13.3 Å². The first-order chi connectivity index (χ1) is 7.51. The highest BCUT2D eigenvalue weighted by Gasteiger charge is 2.12. The zero-order valence-electron chi connectivity index (χ0n) is 10.3. The molecule has 1 atom stereocenters. The molecule has 0 rings (SSSR count). The summed E-state index contributed by atoms with van der Waals surface area (Å²) in [7, 11) is 3.29. The molecule has 16 heavy (non-hydrogen) atoms. The van der Waals surface area contributed by atoms with Gasteiger partial charge < -0.3 is 10.3 Å². The standard InChI is InChI=1S/C10H20N4O2/c1-5-6-14(4)12-7-8(2)9(15)13-10(16)11-3/h7-8H,5-6H2,1-4H3,(H2,11,13,15,16)/b12-7-. The molecule has 6 heteroatoms. The Labute approximate surface area is 96.1 Å². The van der Waals surface area contributed by atoms with Crippen LogP contribution in [0.3, 0.4) is 0 Å². The highest BCUT2D eigenvalue weighted by Crippen LogP contribution is 1.93. The minimum Gasteiger partial charge on any atom is -0.341 e. The number of nitrogens with one attached hydrogen (secondary N) is 2. The van der Waals surface area contributed by atoms with Crippen LogP contribution in [0.15, 0.2) is 5.10 Å². The number of imide groups is 1. The molecular weight excluding hydrogens is 208 g/mol. The lowest BCUT2D eigenvalue weighted by Gasteiger charge is -2.12. The summed E-state index contributed by atoms with van der Waals surface area (Å²) in [5, 5.41) is 10.3. The molecule has 0 spiro atoms. The Kier molecular flexibility index (Phi) is 6.91. The Bertz CT molecular complexity index is 266. The molecule has 0 aromatic heterocycles. The normalized spacial score (nSPS) is 12.2. The molecule has 0 saturated heterocycles. The van der Waals surface area contributed by atoms with Crippen molar-refractivity contribution in [3.63, 3.8) is 0 Å². The maximum Gasteiger partial charge on any atom is 0.321 e. The van der Waals surface area contributed by atoms with Crippen molar-refractivity contribution in [3.05, 3.63) is 0 Å². The number of hydrogen-bond donors (Lipinski definition) is 2. The second-order valence-electron chi connectivity index (χ2n) is 3.50. The predicted molar refractivity (Wildman–Crippen MR) is 63.2 cm³/mol. The number of amides is 3. The van der Waals surface area contributed by atoms with Gasteiger partial charge in [-0.15, -0.1) is 0 Å². The van der Waals surface area contributed by atoms with E-state index in [9.17, 15) is 9.59 Å². The van der Waals surface area contributed by atoms with Crippen LogP contribution in [0.2, 0.25) is 0 Å². The van der Waals surface area contributed by atoms with Gasteiger partial charge in [0.25, 0.3) is 0 Å². The quantitative estimate of drug-likeness (QED) is 0.528. The lowest BCUT2D eigenvalue weighted by atomic mass is 10.2. The first-order valence-electron chi connectivity index (χ1n) is 5.29. The number of nitrogens with zero attached hydrogens (tertiary/aromatic N) is 2. The van der Waals surface area contributed by atoms with E-state index < -0.39 is 11.9 Å². The Balaban J connectivity index is 4.09. The van der Waals surface area contributed by atoms with Crippen molar-refractivity contribution in [2.75, 3.05) is 20.6 Å². The number of hydrazone groups is 1. The van der Waals surface area contributed by atoms with Gasteiger partial charge in [-0.2, -0.15) is 5.10 Å². The van der Waals surface area contributed by atoms with Gasteiger partial charge in [0.1, 0.15) is 0 Å². The van der Waals surface area contributed by atoms with Crippen LogP contribution >= 0.6 is 0 Å². The zero-order chi connectivity index (χ0) is 12.6. The first-order valence-corrected chi connectivity index (χ1v) is 5.29. The highest BCUT2D eigenvalue weighted by molar-refractivity contribution is 6.01. The van der Waals surface area contributed by atoms with E-state index in [1.54, 1.807) is 11.9 Å². The molecule has 0 aliphatic heterocycles. The third kappa shape index (κ3) is 6.00. The van der Waals surface area contributed by atoms with Crippen molar-refractivity contribution < 1.29 is 9.59 Å². The van der Waals surface area contributed by atoms with Crippen LogP contribution in [0.5, 0.6) is 0 Å². The third-order valence-corrected chi connectivity index (χ3v) is 1.91. The van der Waals surface area contributed by atoms with Gasteiger partial charge in [0.15, 0.2) is 0 Å². The molecule has 0 saturated carbocycles. The molecule has 2 N–H and O–H groups in total. The maximum atomic E-state index is 11.4. The van der Waals surface area contributed by atoms with Crippen LogP contribution in [0.4, 0.5) is 4.79 Å². The van der Waals surface area contributed by atoms with Crippen molar-refractivity contribution in [2.24, 2.45) is 11.0 Å². The summed E-state index contributed by atoms with van der Waals surface area (Å²) in [6.45, 7) is 4.57. The summed E-state index contributed by atoms with van der Waals surface area (Å²) in [6, 6.07) is -0.507. The second-order valence-corrected chi connectivity index (χ2v) is 3.50. The SMILES string of the molecule is CCCN(C)/N=C\C(C)C(=O)NC(=O)NC. The first kappa shape index (κ1) is 14.4. The molecule has 0 heterocycles. The van der Waals surface area contributed by atoms with Crippen molar-refractivity contribution in [1.82, 2.24) is 15.6 Å². The fourth-order valence-electron chi connectivity index (χ4n) is 0.951. The van der Waals surface area contributed by atoms with Crippen LogP contribution < -0.4 is 10.6 Å². The van der Waals surface area contributed by atoms with Gasteiger partial charge in [-0.1, -0.05) is 6.92 Å². The van der Waals surface area contributed by atoms with Gasteiger partial charge in [0.05, 0.1) is 5.92 Å². The van der Waals surface area contributed by atoms with Crippen LogP contribution in [0.1, 0.15) is 20.3 Å². The lowest BCUT2D eigenvalue weighted by Crippen LogP contribution is -2.40. The van der Waals surface area contributed by atoms with E-state index in [0.717, 1.165) is 13.0 Å². The van der Waals surface area contributed by atoms with Crippen molar-refractivity contribution in [2.45, 2.75) is 20.3 Å². The summed E-state index contributed by atoms with van der Waals surface area (Å²) in [5.41, 5.74) is 0. The topological polar surface area (TPSA) is 73.8 Å². The largest absolute Gasteiger partial charge is 0.341 e. The molecule has 6 nitrogen and oxygen atoms in total.